The van der Waals surface area contributed by atoms with Gasteiger partial charge in [-0.05, 0) is 37.4 Å². The maximum absolute atomic E-state index is 12.1. The number of nitrogens with zero attached hydrogens (tertiary/aromatic N) is 2. The highest BCUT2D eigenvalue weighted by molar-refractivity contribution is 7.08. The van der Waals surface area contributed by atoms with E-state index in [1.807, 2.05) is 54.2 Å². The molecule has 0 unspecified atom stereocenters. The Hall–Kier alpha value is -2.93. The van der Waals surface area contributed by atoms with Crippen molar-refractivity contribution in [2.75, 3.05) is 6.54 Å². The number of aromatic nitrogens is 2. The SMILES string of the molecule is Cc1nn(-c2ccccc2)c(C)c1CNC(=O)CCNC(=O)c1ccsc1. The Morgan fingerprint density at radius 3 is 2.59 bits per heavy atom. The van der Waals surface area contributed by atoms with E-state index in [0.29, 0.717) is 18.7 Å². The Bertz CT molecular complexity index is 917. The van der Waals surface area contributed by atoms with Crippen LogP contribution in [0.25, 0.3) is 5.69 Å². The summed E-state index contributed by atoms with van der Waals surface area (Å²) in [4.78, 5) is 23.9. The lowest BCUT2D eigenvalue weighted by atomic mass is 10.2. The number of benzene rings is 1. The summed E-state index contributed by atoms with van der Waals surface area (Å²) in [5.41, 5.74) is 4.52. The molecule has 0 bridgehead atoms. The van der Waals surface area contributed by atoms with Crippen LogP contribution in [-0.2, 0) is 11.3 Å². The molecule has 0 radical (unpaired) electrons. The minimum absolute atomic E-state index is 0.105. The van der Waals surface area contributed by atoms with E-state index in [9.17, 15) is 9.59 Å². The Morgan fingerprint density at radius 2 is 1.89 bits per heavy atom. The number of thiophene rings is 1. The smallest absolute Gasteiger partial charge is 0.252 e. The second-order valence-electron chi connectivity index (χ2n) is 6.19. The molecule has 140 valence electrons. The predicted octanol–water partition coefficient (Wildman–Crippen LogP) is 2.99. The van der Waals surface area contributed by atoms with Crippen LogP contribution < -0.4 is 10.6 Å². The number of hydrogen-bond acceptors (Lipinski definition) is 4. The summed E-state index contributed by atoms with van der Waals surface area (Å²) in [6.07, 6.45) is 0.237. The number of nitrogens with one attached hydrogen (secondary N) is 2. The lowest BCUT2D eigenvalue weighted by Crippen LogP contribution is -2.30. The summed E-state index contributed by atoms with van der Waals surface area (Å²) in [6, 6.07) is 11.7. The van der Waals surface area contributed by atoms with Gasteiger partial charge in [0.15, 0.2) is 0 Å². The van der Waals surface area contributed by atoms with Crippen LogP contribution in [0.4, 0.5) is 0 Å². The third-order valence-corrected chi connectivity index (χ3v) is 5.01. The van der Waals surface area contributed by atoms with E-state index in [1.165, 1.54) is 11.3 Å². The van der Waals surface area contributed by atoms with Gasteiger partial charge in [-0.25, -0.2) is 4.68 Å². The highest BCUT2D eigenvalue weighted by Gasteiger charge is 2.14. The molecule has 0 aliphatic rings. The lowest BCUT2D eigenvalue weighted by Gasteiger charge is -2.08. The predicted molar refractivity (Wildman–Crippen MR) is 106 cm³/mol. The van der Waals surface area contributed by atoms with Gasteiger partial charge in [0, 0.05) is 41.7 Å². The van der Waals surface area contributed by atoms with Crippen molar-refractivity contribution in [1.29, 1.82) is 0 Å². The van der Waals surface area contributed by atoms with Crippen molar-refractivity contribution in [2.45, 2.75) is 26.8 Å². The number of amides is 2. The molecule has 0 fully saturated rings. The van der Waals surface area contributed by atoms with Crippen molar-refractivity contribution in [2.24, 2.45) is 0 Å². The minimum atomic E-state index is -0.153. The fourth-order valence-corrected chi connectivity index (χ4v) is 3.45. The molecule has 7 heteroatoms. The third kappa shape index (κ3) is 4.62. The first-order chi connectivity index (χ1) is 13.1. The first-order valence-corrected chi connectivity index (χ1v) is 9.68. The van der Waals surface area contributed by atoms with Crippen molar-refractivity contribution in [3.63, 3.8) is 0 Å². The standard InChI is InChI=1S/C20H22N4O2S/c1-14-18(15(2)24(23-14)17-6-4-3-5-7-17)12-22-19(25)8-10-21-20(26)16-9-11-27-13-16/h3-7,9,11,13H,8,10,12H2,1-2H3,(H,21,26)(H,22,25). The van der Waals surface area contributed by atoms with Crippen LogP contribution in [0.3, 0.4) is 0 Å². The first kappa shape index (κ1) is 18.8. The molecule has 2 N–H and O–H groups in total. The van der Waals surface area contributed by atoms with Gasteiger partial charge in [-0.1, -0.05) is 18.2 Å². The largest absolute Gasteiger partial charge is 0.352 e. The van der Waals surface area contributed by atoms with E-state index < -0.39 is 0 Å². The molecule has 1 aromatic carbocycles. The molecule has 0 atom stereocenters. The zero-order valence-electron chi connectivity index (χ0n) is 15.4. The van der Waals surface area contributed by atoms with Crippen LogP contribution in [0.5, 0.6) is 0 Å². The van der Waals surface area contributed by atoms with Crippen molar-refractivity contribution < 1.29 is 9.59 Å². The normalized spacial score (nSPS) is 10.6. The van der Waals surface area contributed by atoms with Crippen LogP contribution in [0.2, 0.25) is 0 Å². The maximum atomic E-state index is 12.1. The summed E-state index contributed by atoms with van der Waals surface area (Å²) in [6.45, 7) is 4.66. The molecule has 2 aromatic heterocycles. The van der Waals surface area contributed by atoms with E-state index in [1.54, 1.807) is 11.4 Å². The Balaban J connectivity index is 1.52. The van der Waals surface area contributed by atoms with Gasteiger partial charge in [0.2, 0.25) is 5.91 Å². The van der Waals surface area contributed by atoms with Gasteiger partial charge in [0.25, 0.3) is 5.91 Å². The van der Waals surface area contributed by atoms with Crippen LogP contribution in [0.1, 0.15) is 33.7 Å². The number of carbonyl (C=O) groups is 2. The summed E-state index contributed by atoms with van der Waals surface area (Å²) < 4.78 is 1.89. The van der Waals surface area contributed by atoms with Crippen molar-refractivity contribution in [1.82, 2.24) is 20.4 Å². The highest BCUT2D eigenvalue weighted by atomic mass is 32.1. The van der Waals surface area contributed by atoms with Gasteiger partial charge >= 0.3 is 0 Å². The van der Waals surface area contributed by atoms with Gasteiger partial charge in [-0.3, -0.25) is 9.59 Å². The fourth-order valence-electron chi connectivity index (χ4n) is 2.81. The van der Waals surface area contributed by atoms with Crippen molar-refractivity contribution in [3.8, 4) is 5.69 Å². The number of aryl methyl sites for hydroxylation is 1. The van der Waals surface area contributed by atoms with Gasteiger partial charge in [-0.2, -0.15) is 16.4 Å². The molecular weight excluding hydrogens is 360 g/mol. The molecule has 2 heterocycles. The van der Waals surface area contributed by atoms with Gasteiger partial charge < -0.3 is 10.6 Å². The van der Waals surface area contributed by atoms with E-state index in [4.69, 9.17) is 0 Å². The summed E-state index contributed by atoms with van der Waals surface area (Å²) in [5, 5.41) is 13.9. The number of hydrogen-bond donors (Lipinski definition) is 2. The second kappa shape index (κ2) is 8.64. The van der Waals surface area contributed by atoms with Crippen molar-refractivity contribution in [3.05, 3.63) is 69.7 Å². The first-order valence-electron chi connectivity index (χ1n) is 8.74. The molecule has 0 saturated carbocycles. The molecule has 27 heavy (non-hydrogen) atoms. The molecule has 3 rings (SSSR count). The molecule has 0 aliphatic carbocycles. The minimum Gasteiger partial charge on any atom is -0.352 e. The summed E-state index contributed by atoms with van der Waals surface area (Å²) in [7, 11) is 0. The zero-order valence-corrected chi connectivity index (χ0v) is 16.2. The molecule has 0 spiro atoms. The van der Waals surface area contributed by atoms with Gasteiger partial charge in [-0.15, -0.1) is 0 Å². The van der Waals surface area contributed by atoms with Crippen molar-refractivity contribution >= 4 is 23.2 Å². The quantitative estimate of drug-likeness (QED) is 0.660. The summed E-state index contributed by atoms with van der Waals surface area (Å²) in [5.74, 6) is -0.258. The van der Waals surface area contributed by atoms with Crippen LogP contribution >= 0.6 is 11.3 Å². The zero-order chi connectivity index (χ0) is 19.2. The topological polar surface area (TPSA) is 76.0 Å². The summed E-state index contributed by atoms with van der Waals surface area (Å²) >= 11 is 1.47. The van der Waals surface area contributed by atoms with E-state index in [0.717, 1.165) is 22.6 Å². The van der Waals surface area contributed by atoms with Crippen LogP contribution in [0.15, 0.2) is 47.2 Å². The van der Waals surface area contributed by atoms with Gasteiger partial charge in [0.1, 0.15) is 0 Å². The van der Waals surface area contributed by atoms with Crippen LogP contribution in [-0.4, -0.2) is 28.1 Å². The molecule has 2 amide bonds. The molecule has 3 aromatic rings. The molecule has 0 aliphatic heterocycles. The van der Waals surface area contributed by atoms with Crippen LogP contribution in [0, 0.1) is 13.8 Å². The van der Waals surface area contributed by atoms with E-state index in [2.05, 4.69) is 15.7 Å². The highest BCUT2D eigenvalue weighted by Crippen LogP contribution is 2.17. The van der Waals surface area contributed by atoms with Gasteiger partial charge in [0.05, 0.1) is 11.4 Å². The van der Waals surface area contributed by atoms with E-state index in [-0.39, 0.29) is 18.2 Å². The second-order valence-corrected chi connectivity index (χ2v) is 6.97. The molecule has 6 nitrogen and oxygen atoms in total. The number of rotatable bonds is 7. The maximum Gasteiger partial charge on any atom is 0.252 e. The number of para-hydroxylation sites is 1. The fraction of sp³-hybridized carbons (Fsp3) is 0.250. The monoisotopic (exact) mass is 382 g/mol. The average molecular weight is 382 g/mol. The molecule has 0 saturated heterocycles. The Labute approximate surface area is 162 Å². The Kier molecular flexibility index (Phi) is 6.03. The number of carbonyl (C=O) groups excluding carboxylic acids is 2. The Morgan fingerprint density at radius 1 is 1.11 bits per heavy atom. The average Bonchev–Trinajstić information content (AvgIpc) is 3.30. The van der Waals surface area contributed by atoms with E-state index >= 15 is 0 Å². The lowest BCUT2D eigenvalue weighted by molar-refractivity contribution is -0.121. The molecular formula is C20H22N4O2S. The third-order valence-electron chi connectivity index (χ3n) is 4.33.